The lowest BCUT2D eigenvalue weighted by molar-refractivity contribution is -0.114. The Morgan fingerprint density at radius 1 is 1.15 bits per heavy atom. The monoisotopic (exact) mass is 269 g/mol. The van der Waals surface area contributed by atoms with Crippen molar-refractivity contribution in [2.45, 2.75) is 20.0 Å². The zero-order valence-corrected chi connectivity index (χ0v) is 11.8. The van der Waals surface area contributed by atoms with E-state index in [0.717, 1.165) is 24.5 Å². The van der Waals surface area contributed by atoms with Gasteiger partial charge >= 0.3 is 0 Å². The summed E-state index contributed by atoms with van der Waals surface area (Å²) in [4.78, 5) is 17.5. The maximum atomic E-state index is 11.0. The van der Waals surface area contributed by atoms with E-state index in [4.69, 9.17) is 0 Å². The number of pyridine rings is 1. The van der Waals surface area contributed by atoms with E-state index < -0.39 is 0 Å². The highest BCUT2D eigenvalue weighted by atomic mass is 16.1. The predicted molar refractivity (Wildman–Crippen MR) is 80.2 cm³/mol. The van der Waals surface area contributed by atoms with Crippen LogP contribution in [0.5, 0.6) is 0 Å². The van der Waals surface area contributed by atoms with Crippen LogP contribution in [0, 0.1) is 0 Å². The summed E-state index contributed by atoms with van der Waals surface area (Å²) in [5.74, 6) is -0.0509. The zero-order chi connectivity index (χ0) is 14.4. The van der Waals surface area contributed by atoms with Crippen molar-refractivity contribution < 1.29 is 4.79 Å². The second-order valence-electron chi connectivity index (χ2n) is 4.87. The molecule has 0 fully saturated rings. The first kappa shape index (κ1) is 14.2. The van der Waals surface area contributed by atoms with Crippen molar-refractivity contribution in [3.05, 3.63) is 59.9 Å². The molecule has 104 valence electrons. The third-order valence-electron chi connectivity index (χ3n) is 2.88. The maximum Gasteiger partial charge on any atom is 0.221 e. The number of hydrogen-bond donors (Lipinski definition) is 1. The molecule has 0 aliphatic carbocycles. The van der Waals surface area contributed by atoms with Gasteiger partial charge < -0.3 is 5.32 Å². The molecule has 2 rings (SSSR count). The fourth-order valence-corrected chi connectivity index (χ4v) is 2.03. The number of hydrogen-bond acceptors (Lipinski definition) is 3. The normalized spacial score (nSPS) is 10.6. The van der Waals surface area contributed by atoms with Crippen molar-refractivity contribution in [3.8, 4) is 0 Å². The van der Waals surface area contributed by atoms with Gasteiger partial charge in [0.15, 0.2) is 0 Å². The molecule has 1 N–H and O–H groups in total. The molecule has 2 aromatic rings. The van der Waals surface area contributed by atoms with Crippen LogP contribution < -0.4 is 5.32 Å². The Morgan fingerprint density at radius 3 is 2.50 bits per heavy atom. The van der Waals surface area contributed by atoms with Gasteiger partial charge in [-0.15, -0.1) is 0 Å². The number of carbonyl (C=O) groups is 1. The third kappa shape index (κ3) is 4.48. The van der Waals surface area contributed by atoms with Gasteiger partial charge in [0.25, 0.3) is 0 Å². The number of nitrogens with zero attached hydrogens (tertiary/aromatic N) is 2. The van der Waals surface area contributed by atoms with Gasteiger partial charge in [0.1, 0.15) is 0 Å². The molecule has 0 bridgehead atoms. The van der Waals surface area contributed by atoms with Gasteiger partial charge in [-0.2, -0.15) is 0 Å². The Kier molecular flexibility index (Phi) is 4.85. The first-order chi connectivity index (χ1) is 9.63. The maximum absolute atomic E-state index is 11.0. The van der Waals surface area contributed by atoms with Crippen molar-refractivity contribution in [1.82, 2.24) is 9.88 Å². The zero-order valence-electron chi connectivity index (χ0n) is 11.8. The van der Waals surface area contributed by atoms with E-state index in [2.05, 4.69) is 22.2 Å². The number of aromatic nitrogens is 1. The third-order valence-corrected chi connectivity index (χ3v) is 2.88. The number of rotatable bonds is 5. The van der Waals surface area contributed by atoms with E-state index in [9.17, 15) is 4.79 Å². The van der Waals surface area contributed by atoms with Crippen LogP contribution in [-0.4, -0.2) is 22.8 Å². The van der Waals surface area contributed by atoms with E-state index in [1.54, 1.807) is 0 Å². The average Bonchev–Trinajstić information content (AvgIpc) is 2.41. The standard InChI is InChI=1S/C16H19N3O/c1-13(20)18-15-8-6-14(7-9-15)11-19(2)12-16-5-3-4-10-17-16/h3-10H,11-12H2,1-2H3,(H,18,20). The fraction of sp³-hybridized carbons (Fsp3) is 0.250. The van der Waals surface area contributed by atoms with Crippen LogP contribution in [0.1, 0.15) is 18.2 Å². The van der Waals surface area contributed by atoms with Crippen molar-refractivity contribution >= 4 is 11.6 Å². The molecule has 0 unspecified atom stereocenters. The highest BCUT2D eigenvalue weighted by molar-refractivity contribution is 5.88. The summed E-state index contributed by atoms with van der Waals surface area (Å²) in [6.45, 7) is 3.17. The Hall–Kier alpha value is -2.20. The van der Waals surface area contributed by atoms with Crippen molar-refractivity contribution in [2.24, 2.45) is 0 Å². The minimum absolute atomic E-state index is 0.0509. The molecule has 0 radical (unpaired) electrons. The molecule has 1 aromatic heterocycles. The van der Waals surface area contributed by atoms with Crippen LogP contribution in [0.25, 0.3) is 0 Å². The minimum Gasteiger partial charge on any atom is -0.326 e. The highest BCUT2D eigenvalue weighted by Crippen LogP contribution is 2.12. The summed E-state index contributed by atoms with van der Waals surface area (Å²) in [6.07, 6.45) is 1.81. The molecule has 0 aliphatic rings. The predicted octanol–water partition coefficient (Wildman–Crippen LogP) is 2.67. The van der Waals surface area contributed by atoms with Crippen LogP contribution in [0.15, 0.2) is 48.7 Å². The number of benzene rings is 1. The fourth-order valence-electron chi connectivity index (χ4n) is 2.03. The molecule has 0 saturated carbocycles. The topological polar surface area (TPSA) is 45.2 Å². The van der Waals surface area contributed by atoms with Gasteiger partial charge in [-0.1, -0.05) is 18.2 Å². The van der Waals surface area contributed by atoms with Gasteiger partial charge in [-0.05, 0) is 36.9 Å². The number of carbonyl (C=O) groups excluding carboxylic acids is 1. The molecule has 0 saturated heterocycles. The van der Waals surface area contributed by atoms with Gasteiger partial charge in [0, 0.05) is 31.9 Å². The molecule has 0 spiro atoms. The summed E-state index contributed by atoms with van der Waals surface area (Å²) in [7, 11) is 2.07. The molecule has 4 nitrogen and oxygen atoms in total. The lowest BCUT2D eigenvalue weighted by Crippen LogP contribution is -2.17. The minimum atomic E-state index is -0.0509. The second-order valence-corrected chi connectivity index (χ2v) is 4.87. The lowest BCUT2D eigenvalue weighted by atomic mass is 10.2. The first-order valence-corrected chi connectivity index (χ1v) is 6.58. The molecular weight excluding hydrogens is 250 g/mol. The second kappa shape index (κ2) is 6.82. The summed E-state index contributed by atoms with van der Waals surface area (Å²) in [5.41, 5.74) is 3.09. The first-order valence-electron chi connectivity index (χ1n) is 6.58. The highest BCUT2D eigenvalue weighted by Gasteiger charge is 2.03. The molecular formula is C16H19N3O. The summed E-state index contributed by atoms with van der Waals surface area (Å²) in [6, 6.07) is 13.8. The van der Waals surface area contributed by atoms with Crippen LogP contribution >= 0.6 is 0 Å². The van der Waals surface area contributed by atoms with E-state index in [0.29, 0.717) is 0 Å². The molecule has 1 aromatic carbocycles. The van der Waals surface area contributed by atoms with E-state index in [-0.39, 0.29) is 5.91 Å². The summed E-state index contributed by atoms with van der Waals surface area (Å²) >= 11 is 0. The largest absolute Gasteiger partial charge is 0.326 e. The van der Waals surface area contributed by atoms with Crippen LogP contribution in [-0.2, 0) is 17.9 Å². The van der Waals surface area contributed by atoms with Crippen LogP contribution in [0.3, 0.4) is 0 Å². The smallest absolute Gasteiger partial charge is 0.221 e. The van der Waals surface area contributed by atoms with Crippen molar-refractivity contribution in [3.63, 3.8) is 0 Å². The number of amides is 1. The van der Waals surface area contributed by atoms with Crippen LogP contribution in [0.4, 0.5) is 5.69 Å². The molecule has 0 atom stereocenters. The van der Waals surface area contributed by atoms with E-state index in [1.807, 2.05) is 48.7 Å². The van der Waals surface area contributed by atoms with Gasteiger partial charge in [0.05, 0.1) is 5.69 Å². The Balaban J connectivity index is 1.91. The van der Waals surface area contributed by atoms with Gasteiger partial charge in [0.2, 0.25) is 5.91 Å². The average molecular weight is 269 g/mol. The lowest BCUT2D eigenvalue weighted by Gasteiger charge is -2.16. The van der Waals surface area contributed by atoms with Crippen molar-refractivity contribution in [2.75, 3.05) is 12.4 Å². The Labute approximate surface area is 119 Å². The molecule has 0 aliphatic heterocycles. The van der Waals surface area contributed by atoms with Crippen molar-refractivity contribution in [1.29, 1.82) is 0 Å². The summed E-state index contributed by atoms with van der Waals surface area (Å²) < 4.78 is 0. The molecule has 1 heterocycles. The van der Waals surface area contributed by atoms with Crippen LogP contribution in [0.2, 0.25) is 0 Å². The molecule has 4 heteroatoms. The number of anilines is 1. The Morgan fingerprint density at radius 2 is 1.90 bits per heavy atom. The quantitative estimate of drug-likeness (QED) is 0.907. The molecule has 20 heavy (non-hydrogen) atoms. The van der Waals surface area contributed by atoms with E-state index in [1.165, 1.54) is 12.5 Å². The van der Waals surface area contributed by atoms with Gasteiger partial charge in [-0.3, -0.25) is 14.7 Å². The van der Waals surface area contributed by atoms with Gasteiger partial charge in [-0.25, -0.2) is 0 Å². The SMILES string of the molecule is CC(=O)Nc1ccc(CN(C)Cc2ccccn2)cc1. The summed E-state index contributed by atoms with van der Waals surface area (Å²) in [5, 5.41) is 2.76. The van der Waals surface area contributed by atoms with E-state index >= 15 is 0 Å². The molecule has 1 amide bonds. The number of nitrogens with one attached hydrogen (secondary N) is 1. The Bertz CT molecular complexity index is 552.